The lowest BCUT2D eigenvalue weighted by molar-refractivity contribution is -0.271. The molecule has 134 valence electrons. The summed E-state index contributed by atoms with van der Waals surface area (Å²) in [7, 11) is 1.49. The Morgan fingerprint density at radius 1 is 1.33 bits per heavy atom. The average molecular weight is 339 g/mol. The third-order valence-electron chi connectivity index (χ3n) is 4.06. The summed E-state index contributed by atoms with van der Waals surface area (Å²) in [5.74, 6) is -1.06. The van der Waals surface area contributed by atoms with Crippen LogP contribution in [0, 0.1) is 0 Å². The van der Waals surface area contributed by atoms with Crippen molar-refractivity contribution in [2.24, 2.45) is 5.73 Å². The first kappa shape index (κ1) is 18.8. The molecule has 0 amide bonds. The molecule has 5 unspecified atom stereocenters. The van der Waals surface area contributed by atoms with E-state index in [9.17, 15) is 4.79 Å². The van der Waals surface area contributed by atoms with Crippen molar-refractivity contribution >= 4 is 5.97 Å². The number of carbonyl (C=O) groups is 1. The molecular formula is C17H25NO6. The predicted octanol–water partition coefficient (Wildman–Crippen LogP) is 1.15. The molecule has 24 heavy (non-hydrogen) atoms. The molecule has 7 nitrogen and oxygen atoms in total. The summed E-state index contributed by atoms with van der Waals surface area (Å²) in [6.07, 6.45) is -3.21. The molecule has 6 atom stereocenters. The van der Waals surface area contributed by atoms with Crippen molar-refractivity contribution in [3.63, 3.8) is 0 Å². The zero-order chi connectivity index (χ0) is 17.7. The lowest BCUT2D eigenvalue weighted by atomic mass is 9.97. The topological polar surface area (TPSA) is 100 Å². The van der Waals surface area contributed by atoms with Gasteiger partial charge >= 0.3 is 5.97 Å². The molecule has 3 N–H and O–H groups in total. The number of nitrogens with two attached hydrogens (primary N) is 1. The minimum Gasteiger partial charge on any atom is -0.479 e. The molecule has 0 bridgehead atoms. The Hall–Kier alpha value is -1.51. The van der Waals surface area contributed by atoms with Gasteiger partial charge in [0.2, 0.25) is 0 Å². The number of ether oxygens (including phenoxy) is 4. The summed E-state index contributed by atoms with van der Waals surface area (Å²) < 4.78 is 22.6. The van der Waals surface area contributed by atoms with E-state index in [1.165, 1.54) is 14.0 Å². The third-order valence-corrected chi connectivity index (χ3v) is 4.06. The van der Waals surface area contributed by atoms with E-state index in [2.05, 4.69) is 0 Å². The van der Waals surface area contributed by atoms with Gasteiger partial charge in [-0.2, -0.15) is 0 Å². The SMILES string of the molecule is COC1OC(C)C(OCc2ccccc2)C(O[C@H](C)C(=O)O)C1N. The van der Waals surface area contributed by atoms with E-state index in [0.29, 0.717) is 6.61 Å². The number of rotatable bonds is 7. The zero-order valence-electron chi connectivity index (χ0n) is 14.1. The Labute approximate surface area is 141 Å². The molecule has 2 rings (SSSR count). The van der Waals surface area contributed by atoms with Crippen LogP contribution in [-0.4, -0.2) is 54.9 Å². The summed E-state index contributed by atoms with van der Waals surface area (Å²) in [5.41, 5.74) is 7.15. The van der Waals surface area contributed by atoms with Gasteiger partial charge in [-0.3, -0.25) is 0 Å². The number of benzene rings is 1. The van der Waals surface area contributed by atoms with Gasteiger partial charge in [0.25, 0.3) is 0 Å². The van der Waals surface area contributed by atoms with Crippen LogP contribution in [0.1, 0.15) is 19.4 Å². The van der Waals surface area contributed by atoms with Gasteiger partial charge in [-0.25, -0.2) is 4.79 Å². The second-order valence-corrected chi connectivity index (χ2v) is 5.87. The first-order valence-corrected chi connectivity index (χ1v) is 7.91. The Balaban J connectivity index is 2.12. The molecule has 0 spiro atoms. The molecule has 0 aliphatic carbocycles. The highest BCUT2D eigenvalue weighted by Crippen LogP contribution is 2.26. The molecule has 1 aliphatic heterocycles. The largest absolute Gasteiger partial charge is 0.479 e. The van der Waals surface area contributed by atoms with Crippen LogP contribution in [0.25, 0.3) is 0 Å². The van der Waals surface area contributed by atoms with Crippen LogP contribution in [0.15, 0.2) is 30.3 Å². The molecular weight excluding hydrogens is 314 g/mol. The van der Waals surface area contributed by atoms with Crippen molar-refractivity contribution in [1.29, 1.82) is 0 Å². The van der Waals surface area contributed by atoms with Gasteiger partial charge in [0.15, 0.2) is 12.4 Å². The number of carboxylic acids is 1. The van der Waals surface area contributed by atoms with E-state index in [4.69, 9.17) is 29.8 Å². The van der Waals surface area contributed by atoms with Crippen LogP contribution in [0.2, 0.25) is 0 Å². The third kappa shape index (κ3) is 4.52. The molecule has 7 heteroatoms. The van der Waals surface area contributed by atoms with Crippen molar-refractivity contribution in [3.8, 4) is 0 Å². The van der Waals surface area contributed by atoms with Gasteiger partial charge in [0, 0.05) is 7.11 Å². The molecule has 1 aliphatic rings. The summed E-state index contributed by atoms with van der Waals surface area (Å²) >= 11 is 0. The second kappa shape index (κ2) is 8.55. The van der Waals surface area contributed by atoms with E-state index in [-0.39, 0.29) is 6.10 Å². The lowest BCUT2D eigenvalue weighted by Gasteiger charge is -2.44. The van der Waals surface area contributed by atoms with Crippen molar-refractivity contribution in [2.75, 3.05) is 7.11 Å². The molecule has 1 heterocycles. The Morgan fingerprint density at radius 2 is 2.00 bits per heavy atom. The predicted molar refractivity (Wildman–Crippen MR) is 86.3 cm³/mol. The monoisotopic (exact) mass is 339 g/mol. The molecule has 1 fully saturated rings. The van der Waals surface area contributed by atoms with E-state index in [0.717, 1.165) is 5.56 Å². The Morgan fingerprint density at radius 3 is 2.58 bits per heavy atom. The number of aliphatic carboxylic acids is 1. The van der Waals surface area contributed by atoms with Gasteiger partial charge in [-0.15, -0.1) is 0 Å². The smallest absolute Gasteiger partial charge is 0.332 e. The van der Waals surface area contributed by atoms with Crippen LogP contribution in [-0.2, 0) is 30.3 Å². The molecule has 1 aromatic rings. The maximum absolute atomic E-state index is 11.1. The summed E-state index contributed by atoms with van der Waals surface area (Å²) in [5, 5.41) is 9.11. The quantitative estimate of drug-likeness (QED) is 0.768. The van der Waals surface area contributed by atoms with E-state index < -0.39 is 36.6 Å². The lowest BCUT2D eigenvalue weighted by Crippen LogP contribution is -2.63. The summed E-state index contributed by atoms with van der Waals surface area (Å²) in [6.45, 7) is 3.64. The fraction of sp³-hybridized carbons (Fsp3) is 0.588. The van der Waals surface area contributed by atoms with Crippen molar-refractivity contribution in [3.05, 3.63) is 35.9 Å². The highest BCUT2D eigenvalue weighted by Gasteiger charge is 2.45. The van der Waals surface area contributed by atoms with Gasteiger partial charge in [0.1, 0.15) is 12.2 Å². The van der Waals surface area contributed by atoms with Crippen molar-refractivity contribution in [1.82, 2.24) is 0 Å². The van der Waals surface area contributed by atoms with Crippen LogP contribution in [0.3, 0.4) is 0 Å². The molecule has 1 aromatic carbocycles. The average Bonchev–Trinajstić information content (AvgIpc) is 2.57. The number of hydrogen-bond donors (Lipinski definition) is 2. The van der Waals surface area contributed by atoms with Gasteiger partial charge in [0.05, 0.1) is 18.8 Å². The van der Waals surface area contributed by atoms with Crippen LogP contribution in [0.4, 0.5) is 0 Å². The van der Waals surface area contributed by atoms with Gasteiger partial charge in [-0.05, 0) is 19.4 Å². The number of methoxy groups -OCH3 is 1. The van der Waals surface area contributed by atoms with Crippen LogP contribution >= 0.6 is 0 Å². The Kier molecular flexibility index (Phi) is 6.70. The van der Waals surface area contributed by atoms with E-state index in [1.807, 2.05) is 37.3 Å². The molecule has 1 saturated heterocycles. The van der Waals surface area contributed by atoms with Crippen molar-refractivity contribution in [2.45, 2.75) is 57.2 Å². The fourth-order valence-corrected chi connectivity index (χ4v) is 2.69. The second-order valence-electron chi connectivity index (χ2n) is 5.87. The first-order valence-electron chi connectivity index (χ1n) is 7.91. The van der Waals surface area contributed by atoms with Gasteiger partial charge < -0.3 is 29.8 Å². The Bertz CT molecular complexity index is 525. The number of hydrogen-bond acceptors (Lipinski definition) is 6. The maximum Gasteiger partial charge on any atom is 0.332 e. The van der Waals surface area contributed by atoms with Gasteiger partial charge in [-0.1, -0.05) is 30.3 Å². The number of carboxylic acid groups (broad SMARTS) is 1. The highest BCUT2D eigenvalue weighted by atomic mass is 16.7. The van der Waals surface area contributed by atoms with E-state index >= 15 is 0 Å². The summed E-state index contributed by atoms with van der Waals surface area (Å²) in [4.78, 5) is 11.1. The maximum atomic E-state index is 11.1. The molecule has 0 radical (unpaired) electrons. The molecule has 0 aromatic heterocycles. The standard InChI is InChI=1S/C17H25NO6/c1-10-14(22-9-12-7-5-4-6-8-12)15(23-11(2)16(19)20)13(18)17(21-3)24-10/h4-8,10-11,13-15,17H,9,18H2,1-3H3,(H,19,20)/t10?,11-,13?,14?,15?,17?/m1/s1. The normalized spacial score (nSPS) is 31.6. The minimum atomic E-state index is -1.06. The highest BCUT2D eigenvalue weighted by molar-refractivity contribution is 5.71. The first-order chi connectivity index (χ1) is 11.4. The summed E-state index contributed by atoms with van der Waals surface area (Å²) in [6, 6.07) is 9.01. The zero-order valence-corrected chi connectivity index (χ0v) is 14.1. The van der Waals surface area contributed by atoms with Crippen molar-refractivity contribution < 1.29 is 28.8 Å². The van der Waals surface area contributed by atoms with E-state index in [1.54, 1.807) is 0 Å². The fourth-order valence-electron chi connectivity index (χ4n) is 2.69. The molecule has 0 saturated carbocycles. The minimum absolute atomic E-state index is 0.352. The van der Waals surface area contributed by atoms with Crippen LogP contribution in [0.5, 0.6) is 0 Å². The van der Waals surface area contributed by atoms with Crippen LogP contribution < -0.4 is 5.73 Å².